The first-order chi connectivity index (χ1) is 11.7. The van der Waals surface area contributed by atoms with Crippen molar-refractivity contribution in [1.29, 1.82) is 0 Å². The van der Waals surface area contributed by atoms with Gasteiger partial charge >= 0.3 is 0 Å². The van der Waals surface area contributed by atoms with Crippen molar-refractivity contribution in [3.8, 4) is 0 Å². The maximum Gasteiger partial charge on any atom is 0.260 e. The van der Waals surface area contributed by atoms with E-state index in [1.54, 1.807) is 6.21 Å². The number of carbonyl (C=O) groups is 1. The van der Waals surface area contributed by atoms with Gasteiger partial charge in [-0.25, -0.2) is 0 Å². The maximum absolute atomic E-state index is 11.7. The monoisotopic (exact) mass is 344 g/mol. The van der Waals surface area contributed by atoms with E-state index < -0.39 is 0 Å². The van der Waals surface area contributed by atoms with Gasteiger partial charge in [0.1, 0.15) is 0 Å². The third-order valence-electron chi connectivity index (χ3n) is 3.51. The lowest BCUT2D eigenvalue weighted by atomic mass is 10.1. The SMILES string of the molecule is CCc1ccc(/C=N\OCC(=O)NCCc2ccc(Cl)cc2)cc1. The van der Waals surface area contributed by atoms with E-state index in [1.807, 2.05) is 48.5 Å². The molecule has 1 amide bonds. The smallest absolute Gasteiger partial charge is 0.260 e. The third-order valence-corrected chi connectivity index (χ3v) is 3.76. The Balaban J connectivity index is 1.63. The van der Waals surface area contributed by atoms with Crippen LogP contribution in [0.15, 0.2) is 53.7 Å². The van der Waals surface area contributed by atoms with Gasteiger partial charge in [0.05, 0.1) is 6.21 Å². The Kier molecular flexibility index (Phi) is 7.30. The van der Waals surface area contributed by atoms with Gasteiger partial charge in [-0.2, -0.15) is 0 Å². The lowest BCUT2D eigenvalue weighted by molar-refractivity contribution is -0.125. The van der Waals surface area contributed by atoms with Gasteiger partial charge in [0.25, 0.3) is 5.91 Å². The summed E-state index contributed by atoms with van der Waals surface area (Å²) in [6.45, 7) is 2.56. The van der Waals surface area contributed by atoms with E-state index in [0.29, 0.717) is 11.6 Å². The number of hydrogen-bond donors (Lipinski definition) is 1. The second-order valence-corrected chi connectivity index (χ2v) is 5.77. The zero-order valence-electron chi connectivity index (χ0n) is 13.7. The molecule has 2 aromatic carbocycles. The predicted molar refractivity (Wildman–Crippen MR) is 97.5 cm³/mol. The lowest BCUT2D eigenvalue weighted by Gasteiger charge is -2.04. The minimum absolute atomic E-state index is 0.0931. The van der Waals surface area contributed by atoms with Gasteiger partial charge in [-0.3, -0.25) is 4.79 Å². The van der Waals surface area contributed by atoms with Gasteiger partial charge in [-0.15, -0.1) is 0 Å². The largest absolute Gasteiger partial charge is 0.386 e. The van der Waals surface area contributed by atoms with Gasteiger partial charge in [-0.1, -0.05) is 60.1 Å². The number of halogens is 1. The van der Waals surface area contributed by atoms with Gasteiger partial charge in [-0.05, 0) is 41.7 Å². The minimum Gasteiger partial charge on any atom is -0.386 e. The number of benzene rings is 2. The minimum atomic E-state index is -0.192. The van der Waals surface area contributed by atoms with E-state index in [-0.39, 0.29) is 12.5 Å². The van der Waals surface area contributed by atoms with Crippen LogP contribution in [-0.4, -0.2) is 25.3 Å². The van der Waals surface area contributed by atoms with E-state index in [4.69, 9.17) is 16.4 Å². The molecule has 0 saturated carbocycles. The molecule has 5 heteroatoms. The fraction of sp³-hybridized carbons (Fsp3) is 0.263. The van der Waals surface area contributed by atoms with Crippen LogP contribution in [0, 0.1) is 0 Å². The molecule has 0 aliphatic rings. The molecule has 0 unspecified atom stereocenters. The summed E-state index contributed by atoms with van der Waals surface area (Å²) in [5, 5.41) is 7.31. The fourth-order valence-corrected chi connectivity index (χ4v) is 2.21. The zero-order chi connectivity index (χ0) is 17.2. The first kappa shape index (κ1) is 18.0. The number of nitrogens with one attached hydrogen (secondary N) is 1. The predicted octanol–water partition coefficient (Wildman–Crippen LogP) is 3.61. The van der Waals surface area contributed by atoms with Crippen LogP contribution in [-0.2, 0) is 22.5 Å². The summed E-state index contributed by atoms with van der Waals surface area (Å²) in [5.74, 6) is -0.192. The van der Waals surface area contributed by atoms with Gasteiger partial charge < -0.3 is 10.2 Å². The molecule has 0 radical (unpaired) electrons. The molecule has 0 atom stereocenters. The topological polar surface area (TPSA) is 50.7 Å². The van der Waals surface area contributed by atoms with Crippen molar-refractivity contribution in [3.63, 3.8) is 0 Å². The van der Waals surface area contributed by atoms with Crippen molar-refractivity contribution in [3.05, 3.63) is 70.2 Å². The molecule has 0 fully saturated rings. The molecular weight excluding hydrogens is 324 g/mol. The molecule has 126 valence electrons. The van der Waals surface area contributed by atoms with E-state index in [1.165, 1.54) is 5.56 Å². The highest BCUT2D eigenvalue weighted by molar-refractivity contribution is 6.30. The summed E-state index contributed by atoms with van der Waals surface area (Å²) >= 11 is 5.83. The van der Waals surface area contributed by atoms with Crippen molar-refractivity contribution in [1.82, 2.24) is 5.32 Å². The first-order valence-corrected chi connectivity index (χ1v) is 8.30. The lowest BCUT2D eigenvalue weighted by Crippen LogP contribution is -2.28. The normalized spacial score (nSPS) is 10.8. The van der Waals surface area contributed by atoms with Crippen molar-refractivity contribution in [2.24, 2.45) is 5.16 Å². The van der Waals surface area contributed by atoms with Crippen LogP contribution in [0.3, 0.4) is 0 Å². The Morgan fingerprint density at radius 2 is 1.79 bits per heavy atom. The van der Waals surface area contributed by atoms with E-state index in [9.17, 15) is 4.79 Å². The van der Waals surface area contributed by atoms with Crippen molar-refractivity contribution in [2.45, 2.75) is 19.8 Å². The molecule has 24 heavy (non-hydrogen) atoms. The maximum atomic E-state index is 11.7. The Labute approximate surface area is 147 Å². The highest BCUT2D eigenvalue weighted by Gasteiger charge is 2.01. The molecule has 2 aromatic rings. The van der Waals surface area contributed by atoms with Crippen LogP contribution in [0.2, 0.25) is 5.02 Å². The number of nitrogens with zero attached hydrogens (tertiary/aromatic N) is 1. The molecule has 4 nitrogen and oxygen atoms in total. The Morgan fingerprint density at radius 1 is 1.12 bits per heavy atom. The second kappa shape index (κ2) is 9.73. The average molecular weight is 345 g/mol. The molecule has 0 spiro atoms. The van der Waals surface area contributed by atoms with E-state index >= 15 is 0 Å². The number of amides is 1. The summed E-state index contributed by atoms with van der Waals surface area (Å²) < 4.78 is 0. The third kappa shape index (κ3) is 6.42. The van der Waals surface area contributed by atoms with Crippen LogP contribution in [0.4, 0.5) is 0 Å². The molecule has 0 aliphatic heterocycles. The van der Waals surface area contributed by atoms with Crippen molar-refractivity contribution >= 4 is 23.7 Å². The van der Waals surface area contributed by atoms with Crippen LogP contribution < -0.4 is 5.32 Å². The van der Waals surface area contributed by atoms with Crippen molar-refractivity contribution in [2.75, 3.05) is 13.2 Å². The van der Waals surface area contributed by atoms with Crippen LogP contribution >= 0.6 is 11.6 Å². The van der Waals surface area contributed by atoms with Gasteiger partial charge in [0, 0.05) is 11.6 Å². The van der Waals surface area contributed by atoms with Crippen molar-refractivity contribution < 1.29 is 9.63 Å². The summed E-state index contributed by atoms with van der Waals surface area (Å²) in [6.07, 6.45) is 3.35. The molecule has 1 N–H and O–H groups in total. The number of aryl methyl sites for hydroxylation is 1. The summed E-state index contributed by atoms with van der Waals surface area (Å²) in [6, 6.07) is 15.6. The summed E-state index contributed by atoms with van der Waals surface area (Å²) in [4.78, 5) is 16.7. The van der Waals surface area contributed by atoms with Crippen LogP contribution in [0.25, 0.3) is 0 Å². The molecular formula is C19H21ClN2O2. The second-order valence-electron chi connectivity index (χ2n) is 5.33. The number of oxime groups is 1. The Hall–Kier alpha value is -2.33. The molecule has 0 aliphatic carbocycles. The zero-order valence-corrected chi connectivity index (χ0v) is 14.4. The highest BCUT2D eigenvalue weighted by atomic mass is 35.5. The molecule has 2 rings (SSSR count). The quantitative estimate of drug-likeness (QED) is 0.587. The first-order valence-electron chi connectivity index (χ1n) is 7.93. The van der Waals surface area contributed by atoms with E-state index in [2.05, 4.69) is 17.4 Å². The molecule has 0 aromatic heterocycles. The number of rotatable bonds is 8. The summed E-state index contributed by atoms with van der Waals surface area (Å²) in [7, 11) is 0. The number of hydrogen-bond acceptors (Lipinski definition) is 3. The average Bonchev–Trinajstić information content (AvgIpc) is 2.61. The number of carbonyl (C=O) groups excluding carboxylic acids is 1. The Bertz CT molecular complexity index is 667. The molecule has 0 heterocycles. The summed E-state index contributed by atoms with van der Waals surface area (Å²) in [5.41, 5.74) is 3.33. The van der Waals surface area contributed by atoms with Crippen LogP contribution in [0.1, 0.15) is 23.6 Å². The fourth-order valence-electron chi connectivity index (χ4n) is 2.08. The van der Waals surface area contributed by atoms with Gasteiger partial charge in [0.2, 0.25) is 0 Å². The molecule has 0 bridgehead atoms. The van der Waals surface area contributed by atoms with Crippen LogP contribution in [0.5, 0.6) is 0 Å². The highest BCUT2D eigenvalue weighted by Crippen LogP contribution is 2.09. The van der Waals surface area contributed by atoms with Gasteiger partial charge in [0.15, 0.2) is 6.61 Å². The standard InChI is InChI=1S/C19H21ClN2O2/c1-2-15-3-5-17(6-4-15)13-22-24-14-19(23)21-12-11-16-7-9-18(20)10-8-16/h3-10,13H,2,11-12,14H2,1H3,(H,21,23)/b22-13-. The molecule has 0 saturated heterocycles. The Morgan fingerprint density at radius 3 is 2.46 bits per heavy atom. The van der Waals surface area contributed by atoms with E-state index in [0.717, 1.165) is 24.0 Å².